The first-order chi connectivity index (χ1) is 13.2. The second-order valence-corrected chi connectivity index (χ2v) is 7.51. The molecule has 5 heteroatoms. The van der Waals surface area contributed by atoms with Crippen molar-refractivity contribution in [3.05, 3.63) is 88.2 Å². The molecule has 4 nitrogen and oxygen atoms in total. The van der Waals surface area contributed by atoms with Crippen molar-refractivity contribution in [2.24, 2.45) is 0 Å². The molecular formula is C22H25ClN4. The Morgan fingerprint density at radius 1 is 1.07 bits per heavy atom. The van der Waals surface area contributed by atoms with Crippen molar-refractivity contribution in [1.82, 2.24) is 20.8 Å². The number of hydrogen-bond acceptors (Lipinski definition) is 3. The average Bonchev–Trinajstić information content (AvgIpc) is 3.06. The van der Waals surface area contributed by atoms with Crippen molar-refractivity contribution in [1.29, 1.82) is 0 Å². The van der Waals surface area contributed by atoms with Gasteiger partial charge in [-0.15, -0.1) is 0 Å². The molecule has 3 unspecified atom stereocenters. The van der Waals surface area contributed by atoms with Crippen LogP contribution in [0.5, 0.6) is 0 Å². The molecule has 3 atom stereocenters. The smallest absolute Gasteiger partial charge is 0.156 e. The largest absolute Gasteiger partial charge is 0.309 e. The molecule has 140 valence electrons. The van der Waals surface area contributed by atoms with Crippen LogP contribution in [-0.2, 0) is 0 Å². The minimum atomic E-state index is -0.00596. The number of aryl methyl sites for hydroxylation is 1. The summed E-state index contributed by atoms with van der Waals surface area (Å²) in [7, 11) is 0. The van der Waals surface area contributed by atoms with Crippen LogP contribution in [0.25, 0.3) is 0 Å². The normalized spacial score (nSPS) is 21.1. The van der Waals surface area contributed by atoms with E-state index in [0.29, 0.717) is 11.2 Å². The van der Waals surface area contributed by atoms with Gasteiger partial charge in [0.25, 0.3) is 0 Å². The van der Waals surface area contributed by atoms with E-state index in [2.05, 4.69) is 75.4 Å². The van der Waals surface area contributed by atoms with Gasteiger partial charge in [-0.3, -0.25) is 5.10 Å². The highest BCUT2D eigenvalue weighted by atomic mass is 35.5. The van der Waals surface area contributed by atoms with Crippen LogP contribution in [0.15, 0.2) is 60.7 Å². The van der Waals surface area contributed by atoms with Gasteiger partial charge in [-0.2, -0.15) is 5.10 Å². The van der Waals surface area contributed by atoms with E-state index in [1.54, 1.807) is 0 Å². The van der Waals surface area contributed by atoms with Crippen LogP contribution in [0.1, 0.15) is 47.3 Å². The maximum Gasteiger partial charge on any atom is 0.156 e. The van der Waals surface area contributed by atoms with E-state index in [1.165, 1.54) is 11.1 Å². The van der Waals surface area contributed by atoms with Gasteiger partial charge in [0, 0.05) is 23.3 Å². The second-order valence-electron chi connectivity index (χ2n) is 7.15. The van der Waals surface area contributed by atoms with E-state index in [4.69, 9.17) is 11.6 Å². The van der Waals surface area contributed by atoms with Gasteiger partial charge in [-0.25, -0.2) is 0 Å². The maximum atomic E-state index is 6.46. The van der Waals surface area contributed by atoms with Crippen molar-refractivity contribution in [3.8, 4) is 0 Å². The molecule has 27 heavy (non-hydrogen) atoms. The van der Waals surface area contributed by atoms with Crippen LogP contribution in [0.2, 0.25) is 5.15 Å². The lowest BCUT2D eigenvalue weighted by Gasteiger charge is -2.36. The number of benzene rings is 2. The fourth-order valence-electron chi connectivity index (χ4n) is 4.03. The zero-order valence-corrected chi connectivity index (χ0v) is 16.2. The molecule has 1 fully saturated rings. The molecule has 1 aliphatic heterocycles. The van der Waals surface area contributed by atoms with Gasteiger partial charge >= 0.3 is 0 Å². The monoisotopic (exact) mass is 380 g/mol. The van der Waals surface area contributed by atoms with Crippen molar-refractivity contribution in [3.63, 3.8) is 0 Å². The molecule has 0 bridgehead atoms. The van der Waals surface area contributed by atoms with Gasteiger partial charge in [0.1, 0.15) is 0 Å². The number of nitrogens with one attached hydrogen (secondary N) is 3. The van der Waals surface area contributed by atoms with Crippen LogP contribution in [0.3, 0.4) is 0 Å². The number of hydrogen-bond donors (Lipinski definition) is 3. The summed E-state index contributed by atoms with van der Waals surface area (Å²) in [6.07, 6.45) is 2.27. The first-order valence-corrected chi connectivity index (χ1v) is 9.91. The van der Waals surface area contributed by atoms with Crippen molar-refractivity contribution >= 4 is 11.6 Å². The predicted molar refractivity (Wildman–Crippen MR) is 110 cm³/mol. The zero-order valence-electron chi connectivity index (χ0n) is 15.5. The maximum absolute atomic E-state index is 6.46. The zero-order chi connectivity index (χ0) is 18.6. The molecule has 0 radical (unpaired) electrons. The summed E-state index contributed by atoms with van der Waals surface area (Å²) >= 11 is 6.46. The Bertz CT molecular complexity index is 843. The molecular weight excluding hydrogens is 356 g/mol. The highest BCUT2D eigenvalue weighted by Gasteiger charge is 2.31. The van der Waals surface area contributed by atoms with E-state index in [9.17, 15) is 0 Å². The quantitative estimate of drug-likeness (QED) is 0.609. The standard InChI is InChI=1S/C22H25ClN4/c1-15-19(22(23)27-26-15)21(17-11-6-3-7-12-17)25-18-13-8-14-24-20(18)16-9-4-2-5-10-16/h2-7,9-12,18,20-21,24-25H,8,13-14H2,1H3,(H,26,27). The van der Waals surface area contributed by atoms with E-state index in [-0.39, 0.29) is 12.1 Å². The second kappa shape index (κ2) is 8.26. The van der Waals surface area contributed by atoms with Gasteiger partial charge < -0.3 is 10.6 Å². The molecule has 3 N–H and O–H groups in total. The van der Waals surface area contributed by atoms with Gasteiger partial charge in [0.15, 0.2) is 5.15 Å². The highest BCUT2D eigenvalue weighted by molar-refractivity contribution is 6.30. The van der Waals surface area contributed by atoms with Crippen LogP contribution < -0.4 is 10.6 Å². The Morgan fingerprint density at radius 2 is 1.78 bits per heavy atom. The number of H-pyrrole nitrogens is 1. The van der Waals surface area contributed by atoms with Gasteiger partial charge in [-0.05, 0) is 37.4 Å². The topological polar surface area (TPSA) is 52.7 Å². The summed E-state index contributed by atoms with van der Waals surface area (Å²) in [6, 6.07) is 21.7. The fraction of sp³-hybridized carbons (Fsp3) is 0.318. The summed E-state index contributed by atoms with van der Waals surface area (Å²) in [5.41, 5.74) is 4.54. The van der Waals surface area contributed by atoms with E-state index in [0.717, 1.165) is 30.6 Å². The minimum Gasteiger partial charge on any atom is -0.309 e. The number of aromatic amines is 1. The lowest BCUT2D eigenvalue weighted by Crippen LogP contribution is -2.47. The first-order valence-electron chi connectivity index (χ1n) is 9.53. The average molecular weight is 381 g/mol. The summed E-state index contributed by atoms with van der Waals surface area (Å²) in [5.74, 6) is 0. The third-order valence-electron chi connectivity index (χ3n) is 5.37. The Balaban J connectivity index is 1.68. The summed E-state index contributed by atoms with van der Waals surface area (Å²) in [4.78, 5) is 0. The number of halogens is 1. The third kappa shape index (κ3) is 3.93. The van der Waals surface area contributed by atoms with E-state index >= 15 is 0 Å². The van der Waals surface area contributed by atoms with Crippen LogP contribution >= 0.6 is 11.6 Å². The number of rotatable bonds is 5. The molecule has 3 aromatic rings. The van der Waals surface area contributed by atoms with E-state index < -0.39 is 0 Å². The summed E-state index contributed by atoms with van der Waals surface area (Å²) in [6.45, 7) is 3.07. The molecule has 2 heterocycles. The minimum absolute atomic E-state index is 0.00596. The van der Waals surface area contributed by atoms with Crippen molar-refractivity contribution in [2.45, 2.75) is 37.9 Å². The van der Waals surface area contributed by atoms with Crippen molar-refractivity contribution in [2.75, 3.05) is 6.54 Å². The first kappa shape index (κ1) is 18.2. The molecule has 0 saturated carbocycles. The molecule has 1 saturated heterocycles. The number of piperidine rings is 1. The summed E-state index contributed by atoms with van der Waals surface area (Å²) in [5, 5.41) is 15.4. The van der Waals surface area contributed by atoms with Crippen LogP contribution in [0, 0.1) is 6.92 Å². The molecule has 0 aliphatic carbocycles. The molecule has 1 aliphatic rings. The number of aromatic nitrogens is 2. The van der Waals surface area contributed by atoms with Gasteiger partial charge in [0.2, 0.25) is 0 Å². The SMILES string of the molecule is Cc1[nH]nc(Cl)c1C(NC1CCCNC1c1ccccc1)c1ccccc1. The van der Waals surface area contributed by atoms with Crippen LogP contribution in [0.4, 0.5) is 0 Å². The lowest BCUT2D eigenvalue weighted by atomic mass is 9.89. The van der Waals surface area contributed by atoms with Crippen molar-refractivity contribution < 1.29 is 0 Å². The Morgan fingerprint density at radius 3 is 2.44 bits per heavy atom. The molecule has 0 amide bonds. The Labute approximate surface area is 165 Å². The Hall–Kier alpha value is -2.14. The molecule has 1 aromatic heterocycles. The summed E-state index contributed by atoms with van der Waals surface area (Å²) < 4.78 is 0. The molecule has 4 rings (SSSR count). The fourth-order valence-corrected chi connectivity index (χ4v) is 4.32. The number of nitrogens with zero attached hydrogens (tertiary/aromatic N) is 1. The van der Waals surface area contributed by atoms with Gasteiger partial charge in [-0.1, -0.05) is 72.3 Å². The third-order valence-corrected chi connectivity index (χ3v) is 5.66. The molecule has 2 aromatic carbocycles. The van der Waals surface area contributed by atoms with Gasteiger partial charge in [0.05, 0.1) is 6.04 Å². The predicted octanol–water partition coefficient (Wildman–Crippen LogP) is 4.54. The highest BCUT2D eigenvalue weighted by Crippen LogP contribution is 2.33. The van der Waals surface area contributed by atoms with Crippen LogP contribution in [-0.4, -0.2) is 22.8 Å². The Kier molecular flexibility index (Phi) is 5.58. The lowest BCUT2D eigenvalue weighted by molar-refractivity contribution is 0.292. The molecule has 0 spiro atoms. The van der Waals surface area contributed by atoms with E-state index in [1.807, 2.05) is 13.0 Å².